The molecule has 0 fully saturated rings. The van der Waals surface area contributed by atoms with Crippen molar-refractivity contribution in [2.24, 2.45) is 0 Å². The summed E-state index contributed by atoms with van der Waals surface area (Å²) in [4.78, 5) is 4.34. The van der Waals surface area contributed by atoms with Crippen LogP contribution in [0, 0.1) is 6.92 Å². The number of nitrogens with zero attached hydrogens (tertiary/aromatic N) is 2. The Kier molecular flexibility index (Phi) is 3.16. The van der Waals surface area contributed by atoms with Gasteiger partial charge in [0.25, 0.3) is 0 Å². The summed E-state index contributed by atoms with van der Waals surface area (Å²) in [5.41, 5.74) is 10.4. The zero-order valence-corrected chi connectivity index (χ0v) is 11.6. The number of aromatic nitrogens is 3. The Hall–Kier alpha value is -2.33. The van der Waals surface area contributed by atoms with Crippen molar-refractivity contribution in [3.8, 4) is 22.5 Å². The summed E-state index contributed by atoms with van der Waals surface area (Å²) in [5.74, 6) is 0.436. The smallest absolute Gasteiger partial charge is 0.155 e. The monoisotopic (exact) mass is 284 g/mol. The zero-order valence-electron chi connectivity index (χ0n) is 10.9. The number of halogens is 1. The molecule has 0 spiro atoms. The van der Waals surface area contributed by atoms with Gasteiger partial charge in [0, 0.05) is 16.8 Å². The molecular formula is C15H13ClN4. The first-order chi connectivity index (χ1) is 9.66. The number of hydrogen-bond acceptors (Lipinski definition) is 3. The summed E-state index contributed by atoms with van der Waals surface area (Å²) < 4.78 is 0. The number of nitrogens with two attached hydrogens (primary N) is 1. The van der Waals surface area contributed by atoms with Crippen LogP contribution in [0.25, 0.3) is 22.5 Å². The van der Waals surface area contributed by atoms with Crippen LogP contribution in [0.5, 0.6) is 0 Å². The molecule has 3 aromatic rings. The molecule has 0 unspecified atom stereocenters. The number of benzene rings is 1. The van der Waals surface area contributed by atoms with Crippen LogP contribution in [0.3, 0.4) is 0 Å². The highest BCUT2D eigenvalue weighted by atomic mass is 35.5. The lowest BCUT2D eigenvalue weighted by Crippen LogP contribution is -1.91. The molecule has 2 heterocycles. The van der Waals surface area contributed by atoms with E-state index in [2.05, 4.69) is 15.2 Å². The first-order valence-electron chi connectivity index (χ1n) is 6.18. The van der Waals surface area contributed by atoms with Gasteiger partial charge in [-0.1, -0.05) is 23.7 Å². The van der Waals surface area contributed by atoms with E-state index in [9.17, 15) is 0 Å². The van der Waals surface area contributed by atoms with Crippen LogP contribution >= 0.6 is 11.6 Å². The molecule has 4 nitrogen and oxygen atoms in total. The fraction of sp³-hybridized carbons (Fsp3) is 0.0667. The molecule has 3 N–H and O–H groups in total. The minimum absolute atomic E-state index is 0.436. The number of H-pyrrole nitrogens is 1. The number of pyridine rings is 1. The predicted molar refractivity (Wildman–Crippen MR) is 81.4 cm³/mol. The third kappa shape index (κ3) is 2.14. The van der Waals surface area contributed by atoms with E-state index in [4.69, 9.17) is 17.3 Å². The minimum atomic E-state index is 0.436. The Morgan fingerprint density at radius 1 is 1.20 bits per heavy atom. The number of anilines is 1. The fourth-order valence-electron chi connectivity index (χ4n) is 2.14. The molecule has 2 aromatic heterocycles. The van der Waals surface area contributed by atoms with Crippen LogP contribution in [0.2, 0.25) is 5.02 Å². The molecule has 1 aromatic carbocycles. The second kappa shape index (κ2) is 4.98. The van der Waals surface area contributed by atoms with Gasteiger partial charge in [-0.05, 0) is 36.8 Å². The van der Waals surface area contributed by atoms with E-state index in [0.717, 1.165) is 33.1 Å². The molecule has 100 valence electrons. The SMILES string of the molecule is Cc1cc(-c2[nH]nc(N)c2-c2ccccn2)ccc1Cl. The summed E-state index contributed by atoms with van der Waals surface area (Å²) >= 11 is 6.07. The second-order valence-corrected chi connectivity index (χ2v) is 4.94. The Balaban J connectivity index is 2.18. The fourth-order valence-corrected chi connectivity index (χ4v) is 2.25. The van der Waals surface area contributed by atoms with Crippen molar-refractivity contribution in [1.29, 1.82) is 0 Å². The largest absolute Gasteiger partial charge is 0.382 e. The predicted octanol–water partition coefficient (Wildman–Crippen LogP) is 3.68. The highest BCUT2D eigenvalue weighted by Crippen LogP contribution is 2.34. The van der Waals surface area contributed by atoms with E-state index < -0.39 is 0 Å². The molecule has 0 saturated heterocycles. The quantitative estimate of drug-likeness (QED) is 0.754. The van der Waals surface area contributed by atoms with Gasteiger partial charge in [-0.2, -0.15) is 5.10 Å². The number of rotatable bonds is 2. The van der Waals surface area contributed by atoms with Crippen molar-refractivity contribution < 1.29 is 0 Å². The topological polar surface area (TPSA) is 67.6 Å². The van der Waals surface area contributed by atoms with Crippen LogP contribution in [0.15, 0.2) is 42.6 Å². The van der Waals surface area contributed by atoms with Gasteiger partial charge >= 0.3 is 0 Å². The Bertz CT molecular complexity index is 750. The van der Waals surface area contributed by atoms with E-state index >= 15 is 0 Å². The average molecular weight is 285 g/mol. The summed E-state index contributed by atoms with van der Waals surface area (Å²) in [6.45, 7) is 1.96. The van der Waals surface area contributed by atoms with E-state index in [1.165, 1.54) is 0 Å². The molecule has 0 bridgehead atoms. The minimum Gasteiger partial charge on any atom is -0.382 e. The summed E-state index contributed by atoms with van der Waals surface area (Å²) in [6, 6.07) is 11.5. The van der Waals surface area contributed by atoms with Crippen LogP contribution in [-0.4, -0.2) is 15.2 Å². The molecular weight excluding hydrogens is 272 g/mol. The molecule has 0 aliphatic rings. The van der Waals surface area contributed by atoms with Crippen molar-refractivity contribution in [2.75, 3.05) is 5.73 Å². The van der Waals surface area contributed by atoms with Gasteiger partial charge in [-0.25, -0.2) is 0 Å². The second-order valence-electron chi connectivity index (χ2n) is 4.54. The van der Waals surface area contributed by atoms with Gasteiger partial charge in [-0.3, -0.25) is 10.1 Å². The summed E-state index contributed by atoms with van der Waals surface area (Å²) in [6.07, 6.45) is 1.73. The van der Waals surface area contributed by atoms with Gasteiger partial charge in [0.15, 0.2) is 5.82 Å². The third-order valence-electron chi connectivity index (χ3n) is 3.16. The lowest BCUT2D eigenvalue weighted by molar-refractivity contribution is 1.10. The van der Waals surface area contributed by atoms with Gasteiger partial charge in [0.1, 0.15) is 0 Å². The number of aryl methyl sites for hydroxylation is 1. The molecule has 0 atom stereocenters. The van der Waals surface area contributed by atoms with Crippen molar-refractivity contribution in [3.05, 3.63) is 53.2 Å². The Morgan fingerprint density at radius 2 is 2.05 bits per heavy atom. The van der Waals surface area contributed by atoms with Gasteiger partial charge in [0.05, 0.1) is 17.0 Å². The molecule has 0 aliphatic heterocycles. The number of nitrogens with one attached hydrogen (secondary N) is 1. The Labute approximate surface area is 121 Å². The Morgan fingerprint density at radius 3 is 2.75 bits per heavy atom. The van der Waals surface area contributed by atoms with Crippen LogP contribution in [0.1, 0.15) is 5.56 Å². The number of hydrogen-bond donors (Lipinski definition) is 2. The maximum absolute atomic E-state index is 6.07. The van der Waals surface area contributed by atoms with Crippen molar-refractivity contribution in [2.45, 2.75) is 6.92 Å². The van der Waals surface area contributed by atoms with Crippen LogP contribution in [-0.2, 0) is 0 Å². The van der Waals surface area contributed by atoms with Gasteiger partial charge in [0.2, 0.25) is 0 Å². The molecule has 20 heavy (non-hydrogen) atoms. The molecule has 0 saturated carbocycles. The highest BCUT2D eigenvalue weighted by molar-refractivity contribution is 6.31. The van der Waals surface area contributed by atoms with Crippen LogP contribution in [0.4, 0.5) is 5.82 Å². The summed E-state index contributed by atoms with van der Waals surface area (Å²) in [5, 5.41) is 7.82. The lowest BCUT2D eigenvalue weighted by Gasteiger charge is -2.06. The molecule has 0 aliphatic carbocycles. The van der Waals surface area contributed by atoms with Crippen molar-refractivity contribution >= 4 is 17.4 Å². The normalized spacial score (nSPS) is 10.7. The average Bonchev–Trinajstić information content (AvgIpc) is 2.85. The van der Waals surface area contributed by atoms with E-state index in [0.29, 0.717) is 5.82 Å². The zero-order chi connectivity index (χ0) is 14.1. The molecule has 0 amide bonds. The third-order valence-corrected chi connectivity index (χ3v) is 3.59. The first-order valence-corrected chi connectivity index (χ1v) is 6.56. The van der Waals surface area contributed by atoms with Crippen molar-refractivity contribution in [1.82, 2.24) is 15.2 Å². The highest BCUT2D eigenvalue weighted by Gasteiger charge is 2.15. The molecule has 3 rings (SSSR count). The summed E-state index contributed by atoms with van der Waals surface area (Å²) in [7, 11) is 0. The van der Waals surface area contributed by atoms with Crippen molar-refractivity contribution in [3.63, 3.8) is 0 Å². The first kappa shape index (κ1) is 12.7. The maximum Gasteiger partial charge on any atom is 0.155 e. The van der Waals surface area contributed by atoms with Crippen LogP contribution < -0.4 is 5.73 Å². The standard InChI is InChI=1S/C15H13ClN4/c1-9-8-10(5-6-11(9)16)14-13(15(17)20-19-14)12-4-2-3-7-18-12/h2-8H,1H3,(H3,17,19,20). The lowest BCUT2D eigenvalue weighted by atomic mass is 10.0. The van der Waals surface area contributed by atoms with Gasteiger partial charge < -0.3 is 5.73 Å². The van der Waals surface area contributed by atoms with E-state index in [1.807, 2.05) is 43.3 Å². The van der Waals surface area contributed by atoms with Gasteiger partial charge in [-0.15, -0.1) is 0 Å². The molecule has 5 heteroatoms. The number of nitrogen functional groups attached to an aromatic ring is 1. The number of aromatic amines is 1. The maximum atomic E-state index is 6.07. The molecule has 0 radical (unpaired) electrons. The van der Waals surface area contributed by atoms with E-state index in [1.54, 1.807) is 6.20 Å². The van der Waals surface area contributed by atoms with E-state index in [-0.39, 0.29) is 0 Å².